The van der Waals surface area contributed by atoms with Gasteiger partial charge in [-0.2, -0.15) is 0 Å². The van der Waals surface area contributed by atoms with Crippen molar-refractivity contribution >= 4 is 16.7 Å². The lowest BCUT2D eigenvalue weighted by molar-refractivity contribution is 0.509. The normalized spacial score (nSPS) is 13.6. The molecule has 29 heavy (non-hydrogen) atoms. The number of rotatable bonds is 3. The number of fused-ring (bicyclic) bond motifs is 1. The second-order valence-electron chi connectivity index (χ2n) is 6.94. The van der Waals surface area contributed by atoms with Gasteiger partial charge in [0.1, 0.15) is 5.82 Å². The van der Waals surface area contributed by atoms with Crippen LogP contribution < -0.4 is 4.90 Å². The standard InChI is InChI=1S/C22H19N5.C2H6/c1-15-6-7-17(12-25-15)21-22(24-11-10-23-21)18-13-27(14-18)20-9-8-16-4-2-3-5-19(16)26-20;1-2/h2-12,18H,13-14H2,1H3;1-2H3. The van der Waals surface area contributed by atoms with E-state index in [4.69, 9.17) is 4.98 Å². The SMILES string of the molecule is CC.Cc1ccc(-c2nccnc2C2CN(c3ccc4ccccc4n3)C2)cn1. The van der Waals surface area contributed by atoms with Crippen molar-refractivity contribution in [3.8, 4) is 11.3 Å². The Morgan fingerprint density at radius 3 is 2.45 bits per heavy atom. The molecule has 0 N–H and O–H groups in total. The maximum Gasteiger partial charge on any atom is 0.129 e. The van der Waals surface area contributed by atoms with Gasteiger partial charge in [0.15, 0.2) is 0 Å². The van der Waals surface area contributed by atoms with Crippen LogP contribution in [0.5, 0.6) is 0 Å². The molecule has 0 radical (unpaired) electrons. The number of para-hydroxylation sites is 1. The number of hydrogen-bond acceptors (Lipinski definition) is 5. The molecule has 0 amide bonds. The fourth-order valence-corrected chi connectivity index (χ4v) is 3.55. The molecule has 1 aliphatic rings. The van der Waals surface area contributed by atoms with E-state index in [1.54, 1.807) is 12.4 Å². The number of anilines is 1. The molecule has 5 rings (SSSR count). The number of aromatic nitrogens is 4. The lowest BCUT2D eigenvalue weighted by atomic mass is 9.92. The maximum absolute atomic E-state index is 4.80. The van der Waals surface area contributed by atoms with E-state index in [0.717, 1.165) is 47.1 Å². The minimum Gasteiger partial charge on any atom is -0.355 e. The molecule has 0 spiro atoms. The summed E-state index contributed by atoms with van der Waals surface area (Å²) in [6, 6.07) is 16.5. The van der Waals surface area contributed by atoms with E-state index < -0.39 is 0 Å². The first kappa shape index (κ1) is 19.0. The van der Waals surface area contributed by atoms with Crippen LogP contribution >= 0.6 is 0 Å². The average Bonchev–Trinajstić information content (AvgIpc) is 2.75. The Bertz CT molecular complexity index is 1100. The Hall–Kier alpha value is -3.34. The van der Waals surface area contributed by atoms with Crippen LogP contribution in [0.15, 0.2) is 67.1 Å². The van der Waals surface area contributed by atoms with Crippen molar-refractivity contribution in [2.24, 2.45) is 0 Å². The van der Waals surface area contributed by atoms with Crippen LogP contribution in [0.1, 0.15) is 31.2 Å². The third-order valence-electron chi connectivity index (χ3n) is 5.09. The fourth-order valence-electron chi connectivity index (χ4n) is 3.55. The van der Waals surface area contributed by atoms with Gasteiger partial charge in [-0.15, -0.1) is 0 Å². The molecule has 1 saturated heterocycles. The van der Waals surface area contributed by atoms with Crippen molar-refractivity contribution < 1.29 is 0 Å². The van der Waals surface area contributed by atoms with Gasteiger partial charge in [-0.05, 0) is 37.3 Å². The van der Waals surface area contributed by atoms with Crippen LogP contribution in [0.2, 0.25) is 0 Å². The quantitative estimate of drug-likeness (QED) is 0.497. The predicted octanol–water partition coefficient (Wildman–Crippen LogP) is 5.03. The minimum atomic E-state index is 0.350. The lowest BCUT2D eigenvalue weighted by Gasteiger charge is -2.40. The predicted molar refractivity (Wildman–Crippen MR) is 118 cm³/mol. The number of benzene rings is 1. The van der Waals surface area contributed by atoms with Gasteiger partial charge in [-0.3, -0.25) is 15.0 Å². The molecule has 0 bridgehead atoms. The monoisotopic (exact) mass is 383 g/mol. The van der Waals surface area contributed by atoms with E-state index in [1.165, 1.54) is 5.39 Å². The highest BCUT2D eigenvalue weighted by molar-refractivity contribution is 5.80. The second kappa shape index (κ2) is 8.35. The largest absolute Gasteiger partial charge is 0.355 e. The number of nitrogens with zero attached hydrogens (tertiary/aromatic N) is 5. The van der Waals surface area contributed by atoms with E-state index in [0.29, 0.717) is 5.92 Å². The van der Waals surface area contributed by atoms with Gasteiger partial charge in [-0.1, -0.05) is 32.0 Å². The van der Waals surface area contributed by atoms with E-state index in [1.807, 2.05) is 45.2 Å². The smallest absolute Gasteiger partial charge is 0.129 e. The Morgan fingerprint density at radius 1 is 0.862 bits per heavy atom. The number of aryl methyl sites for hydroxylation is 1. The fraction of sp³-hybridized carbons (Fsp3) is 0.250. The molecule has 3 aromatic heterocycles. The van der Waals surface area contributed by atoms with Crippen LogP contribution in [-0.4, -0.2) is 33.0 Å². The van der Waals surface area contributed by atoms with Gasteiger partial charge >= 0.3 is 0 Å². The van der Waals surface area contributed by atoms with Crippen molar-refractivity contribution in [2.75, 3.05) is 18.0 Å². The van der Waals surface area contributed by atoms with Crippen molar-refractivity contribution in [1.82, 2.24) is 19.9 Å². The van der Waals surface area contributed by atoms with Gasteiger partial charge in [-0.25, -0.2) is 4.98 Å². The minimum absolute atomic E-state index is 0.350. The molecule has 0 unspecified atom stereocenters. The molecule has 4 heterocycles. The Labute approximate surface area is 171 Å². The first-order chi connectivity index (χ1) is 14.3. The molecule has 4 aromatic rings. The van der Waals surface area contributed by atoms with Crippen LogP contribution in [0.25, 0.3) is 22.2 Å². The molecule has 0 aliphatic carbocycles. The molecule has 0 saturated carbocycles. The molecular formula is C24H25N5. The first-order valence-corrected chi connectivity index (χ1v) is 10.1. The van der Waals surface area contributed by atoms with Crippen molar-refractivity contribution in [3.63, 3.8) is 0 Å². The zero-order chi connectivity index (χ0) is 20.2. The van der Waals surface area contributed by atoms with Crippen molar-refractivity contribution in [2.45, 2.75) is 26.7 Å². The van der Waals surface area contributed by atoms with Gasteiger partial charge < -0.3 is 4.90 Å². The Kier molecular flexibility index (Phi) is 5.47. The van der Waals surface area contributed by atoms with Crippen LogP contribution in [0.4, 0.5) is 5.82 Å². The second-order valence-corrected chi connectivity index (χ2v) is 6.94. The Balaban J connectivity index is 0.000000994. The van der Waals surface area contributed by atoms with Gasteiger partial charge in [0.25, 0.3) is 0 Å². The van der Waals surface area contributed by atoms with Gasteiger partial charge in [0.05, 0.1) is 16.9 Å². The maximum atomic E-state index is 4.80. The van der Waals surface area contributed by atoms with Crippen LogP contribution in [-0.2, 0) is 0 Å². The van der Waals surface area contributed by atoms with Crippen LogP contribution in [0, 0.1) is 6.92 Å². The molecule has 5 nitrogen and oxygen atoms in total. The molecule has 1 fully saturated rings. The third-order valence-corrected chi connectivity index (χ3v) is 5.09. The van der Waals surface area contributed by atoms with E-state index in [2.05, 4.69) is 50.2 Å². The average molecular weight is 383 g/mol. The first-order valence-electron chi connectivity index (χ1n) is 10.1. The molecule has 5 heteroatoms. The number of hydrogen-bond donors (Lipinski definition) is 0. The van der Waals surface area contributed by atoms with Crippen molar-refractivity contribution in [3.05, 3.63) is 78.5 Å². The highest BCUT2D eigenvalue weighted by atomic mass is 15.2. The summed E-state index contributed by atoms with van der Waals surface area (Å²) in [5.74, 6) is 1.37. The summed E-state index contributed by atoms with van der Waals surface area (Å²) in [6.45, 7) is 7.79. The molecule has 146 valence electrons. The summed E-state index contributed by atoms with van der Waals surface area (Å²) in [4.78, 5) is 20.7. The summed E-state index contributed by atoms with van der Waals surface area (Å²) >= 11 is 0. The van der Waals surface area contributed by atoms with Crippen LogP contribution in [0.3, 0.4) is 0 Å². The molecule has 1 aromatic carbocycles. The molecule has 0 atom stereocenters. The van der Waals surface area contributed by atoms with E-state index >= 15 is 0 Å². The Morgan fingerprint density at radius 2 is 1.66 bits per heavy atom. The van der Waals surface area contributed by atoms with E-state index in [-0.39, 0.29) is 0 Å². The zero-order valence-electron chi connectivity index (χ0n) is 17.1. The summed E-state index contributed by atoms with van der Waals surface area (Å²) < 4.78 is 0. The summed E-state index contributed by atoms with van der Waals surface area (Å²) in [7, 11) is 0. The summed E-state index contributed by atoms with van der Waals surface area (Å²) in [5, 5.41) is 1.17. The summed E-state index contributed by atoms with van der Waals surface area (Å²) in [6.07, 6.45) is 5.40. The lowest BCUT2D eigenvalue weighted by Crippen LogP contribution is -2.46. The highest BCUT2D eigenvalue weighted by Gasteiger charge is 2.32. The summed E-state index contributed by atoms with van der Waals surface area (Å²) in [5.41, 5.74) is 5.03. The van der Waals surface area contributed by atoms with Crippen molar-refractivity contribution in [1.29, 1.82) is 0 Å². The topological polar surface area (TPSA) is 54.8 Å². The molecular weight excluding hydrogens is 358 g/mol. The third kappa shape index (κ3) is 3.81. The highest BCUT2D eigenvalue weighted by Crippen LogP contribution is 2.34. The molecule has 1 aliphatic heterocycles. The zero-order valence-corrected chi connectivity index (χ0v) is 17.1. The van der Waals surface area contributed by atoms with Gasteiger partial charge in [0.2, 0.25) is 0 Å². The van der Waals surface area contributed by atoms with E-state index in [9.17, 15) is 0 Å². The number of pyridine rings is 2. The van der Waals surface area contributed by atoms with Gasteiger partial charge in [0, 0.05) is 54.2 Å².